The van der Waals surface area contributed by atoms with E-state index in [2.05, 4.69) is 0 Å². The van der Waals surface area contributed by atoms with Crippen molar-refractivity contribution in [3.63, 3.8) is 0 Å². The Labute approximate surface area is 90.3 Å². The monoisotopic (exact) mass is 216 g/mol. The second kappa shape index (κ2) is 7.26. The van der Waals surface area contributed by atoms with E-state index < -0.39 is 11.9 Å². The van der Waals surface area contributed by atoms with Crippen LogP contribution in [0.1, 0.15) is 46.0 Å². The molecule has 0 aliphatic rings. The summed E-state index contributed by atoms with van der Waals surface area (Å²) in [5.41, 5.74) is 0. The Kier molecular flexibility index (Phi) is 6.75. The van der Waals surface area contributed by atoms with Crippen LogP contribution in [0.3, 0.4) is 0 Å². The van der Waals surface area contributed by atoms with Gasteiger partial charge in [0.15, 0.2) is 0 Å². The third-order valence-corrected chi connectivity index (χ3v) is 2.53. The van der Waals surface area contributed by atoms with Crippen LogP contribution >= 0.6 is 0 Å². The van der Waals surface area contributed by atoms with Gasteiger partial charge in [-0.2, -0.15) is 0 Å². The van der Waals surface area contributed by atoms with Crippen LogP contribution in [0.25, 0.3) is 0 Å². The van der Waals surface area contributed by atoms with Crippen LogP contribution < -0.4 is 0 Å². The van der Waals surface area contributed by atoms with Crippen LogP contribution in [-0.2, 0) is 9.59 Å². The zero-order valence-electron chi connectivity index (χ0n) is 9.40. The number of carboxylic acid groups (broad SMARTS) is 2. The van der Waals surface area contributed by atoms with Gasteiger partial charge in [-0.3, -0.25) is 9.59 Å². The number of aliphatic carboxylic acids is 2. The first-order valence-electron chi connectivity index (χ1n) is 5.35. The van der Waals surface area contributed by atoms with E-state index in [0.29, 0.717) is 12.3 Å². The molecular formula is C11H20O4. The molecule has 0 amide bonds. The molecule has 0 bridgehead atoms. The highest BCUT2D eigenvalue weighted by atomic mass is 16.4. The molecule has 0 heterocycles. The van der Waals surface area contributed by atoms with E-state index in [9.17, 15) is 9.59 Å². The van der Waals surface area contributed by atoms with Gasteiger partial charge in [0.05, 0.1) is 0 Å². The Balaban J connectivity index is 3.56. The summed E-state index contributed by atoms with van der Waals surface area (Å²) < 4.78 is 0. The lowest BCUT2D eigenvalue weighted by atomic mass is 9.93. The van der Waals surface area contributed by atoms with Gasteiger partial charge in [0.2, 0.25) is 0 Å². The highest BCUT2D eigenvalue weighted by Crippen LogP contribution is 2.18. The van der Waals surface area contributed by atoms with Gasteiger partial charge in [-0.25, -0.2) is 0 Å². The minimum atomic E-state index is -0.763. The fourth-order valence-corrected chi connectivity index (χ4v) is 1.48. The molecule has 4 nitrogen and oxygen atoms in total. The zero-order valence-corrected chi connectivity index (χ0v) is 9.40. The maximum Gasteiger partial charge on any atom is 0.303 e. The van der Waals surface area contributed by atoms with E-state index in [-0.39, 0.29) is 18.8 Å². The summed E-state index contributed by atoms with van der Waals surface area (Å²) in [5.74, 6) is -0.992. The number of hydrogen-bond donors (Lipinski definition) is 2. The van der Waals surface area contributed by atoms with E-state index >= 15 is 0 Å². The first-order chi connectivity index (χ1) is 6.91. The number of hydrogen-bond acceptors (Lipinski definition) is 2. The topological polar surface area (TPSA) is 74.6 Å². The number of carbonyl (C=O) groups is 2. The standard InChI is InChI=1S/C11H20O4/c1-8(5-6-10(12)13)3-4-9(2)7-11(14)15/h8-9H,3-7H2,1-2H3,(H,12,13)(H,14,15). The zero-order chi connectivity index (χ0) is 11.8. The summed E-state index contributed by atoms with van der Waals surface area (Å²) in [6.07, 6.45) is 2.84. The molecule has 0 saturated carbocycles. The minimum Gasteiger partial charge on any atom is -0.481 e. The lowest BCUT2D eigenvalue weighted by molar-refractivity contribution is -0.138. The molecule has 0 radical (unpaired) electrons. The smallest absolute Gasteiger partial charge is 0.303 e. The third kappa shape index (κ3) is 9.25. The van der Waals surface area contributed by atoms with Crippen molar-refractivity contribution in [3.8, 4) is 0 Å². The summed E-state index contributed by atoms with van der Waals surface area (Å²) >= 11 is 0. The number of carboxylic acids is 2. The van der Waals surface area contributed by atoms with Crippen LogP contribution in [0.15, 0.2) is 0 Å². The lowest BCUT2D eigenvalue weighted by Gasteiger charge is -2.13. The average Bonchev–Trinajstić information content (AvgIpc) is 2.10. The Morgan fingerprint density at radius 1 is 0.933 bits per heavy atom. The fourth-order valence-electron chi connectivity index (χ4n) is 1.48. The van der Waals surface area contributed by atoms with E-state index in [1.807, 2.05) is 13.8 Å². The first-order valence-corrected chi connectivity index (χ1v) is 5.35. The van der Waals surface area contributed by atoms with Gasteiger partial charge in [-0.1, -0.05) is 20.3 Å². The molecule has 2 atom stereocenters. The molecule has 0 aromatic heterocycles. The van der Waals surface area contributed by atoms with Gasteiger partial charge in [0.1, 0.15) is 0 Å². The second-order valence-corrected chi connectivity index (χ2v) is 4.32. The van der Waals surface area contributed by atoms with Crippen molar-refractivity contribution in [3.05, 3.63) is 0 Å². The van der Waals surface area contributed by atoms with Gasteiger partial charge in [0.25, 0.3) is 0 Å². The summed E-state index contributed by atoms with van der Waals surface area (Å²) in [5, 5.41) is 17.0. The predicted molar refractivity (Wildman–Crippen MR) is 56.7 cm³/mol. The van der Waals surface area contributed by atoms with Gasteiger partial charge >= 0.3 is 11.9 Å². The van der Waals surface area contributed by atoms with Gasteiger partial charge in [-0.05, 0) is 24.7 Å². The summed E-state index contributed by atoms with van der Waals surface area (Å²) in [4.78, 5) is 20.7. The summed E-state index contributed by atoms with van der Waals surface area (Å²) in [7, 11) is 0. The van der Waals surface area contributed by atoms with E-state index in [1.54, 1.807) is 0 Å². The SMILES string of the molecule is CC(CCC(=O)O)CCC(C)CC(=O)O. The Morgan fingerprint density at radius 2 is 1.47 bits per heavy atom. The van der Waals surface area contributed by atoms with Gasteiger partial charge in [0, 0.05) is 12.8 Å². The molecule has 0 spiro atoms. The Morgan fingerprint density at radius 3 is 1.93 bits per heavy atom. The highest BCUT2D eigenvalue weighted by molar-refractivity contribution is 5.67. The number of rotatable bonds is 8. The second-order valence-electron chi connectivity index (χ2n) is 4.32. The van der Waals surface area contributed by atoms with Crippen LogP contribution in [0.4, 0.5) is 0 Å². The fraction of sp³-hybridized carbons (Fsp3) is 0.818. The minimum absolute atomic E-state index is 0.176. The molecule has 2 N–H and O–H groups in total. The largest absolute Gasteiger partial charge is 0.481 e. The van der Waals surface area contributed by atoms with Crippen molar-refractivity contribution < 1.29 is 19.8 Å². The average molecular weight is 216 g/mol. The highest BCUT2D eigenvalue weighted by Gasteiger charge is 2.10. The van der Waals surface area contributed by atoms with Crippen molar-refractivity contribution in [1.82, 2.24) is 0 Å². The molecule has 2 unspecified atom stereocenters. The van der Waals surface area contributed by atoms with Crippen molar-refractivity contribution in [1.29, 1.82) is 0 Å². The normalized spacial score (nSPS) is 14.5. The van der Waals surface area contributed by atoms with Crippen molar-refractivity contribution in [2.75, 3.05) is 0 Å². The van der Waals surface area contributed by atoms with Gasteiger partial charge in [-0.15, -0.1) is 0 Å². The molecule has 4 heteroatoms. The maximum absolute atomic E-state index is 10.4. The van der Waals surface area contributed by atoms with Crippen LogP contribution in [0, 0.1) is 11.8 Å². The van der Waals surface area contributed by atoms with Crippen LogP contribution in [0.5, 0.6) is 0 Å². The first kappa shape index (κ1) is 13.9. The van der Waals surface area contributed by atoms with E-state index in [4.69, 9.17) is 10.2 Å². The quantitative estimate of drug-likeness (QED) is 0.653. The molecule has 0 fully saturated rings. The predicted octanol–water partition coefficient (Wildman–Crippen LogP) is 2.38. The molecule has 0 aliphatic heterocycles. The summed E-state index contributed by atoms with van der Waals surface area (Å²) in [6.45, 7) is 3.93. The van der Waals surface area contributed by atoms with Crippen LogP contribution in [0.2, 0.25) is 0 Å². The third-order valence-electron chi connectivity index (χ3n) is 2.53. The molecule has 88 valence electrons. The lowest BCUT2D eigenvalue weighted by Crippen LogP contribution is -2.07. The summed E-state index contributed by atoms with van der Waals surface area (Å²) in [6, 6.07) is 0. The van der Waals surface area contributed by atoms with Gasteiger partial charge < -0.3 is 10.2 Å². The van der Waals surface area contributed by atoms with E-state index in [0.717, 1.165) is 12.8 Å². The van der Waals surface area contributed by atoms with Crippen LogP contribution in [-0.4, -0.2) is 22.2 Å². The van der Waals surface area contributed by atoms with Crippen molar-refractivity contribution >= 4 is 11.9 Å². The molecule has 15 heavy (non-hydrogen) atoms. The molecule has 0 aromatic rings. The Bertz CT molecular complexity index is 213. The van der Waals surface area contributed by atoms with E-state index in [1.165, 1.54) is 0 Å². The molecule has 0 saturated heterocycles. The Hall–Kier alpha value is -1.06. The molecule has 0 rings (SSSR count). The maximum atomic E-state index is 10.4. The molecule has 0 aliphatic carbocycles. The molecule has 0 aromatic carbocycles. The molecular weight excluding hydrogens is 196 g/mol. The van der Waals surface area contributed by atoms with Crippen molar-refractivity contribution in [2.45, 2.75) is 46.0 Å². The van der Waals surface area contributed by atoms with Crippen molar-refractivity contribution in [2.24, 2.45) is 11.8 Å².